The number of ketones is 1. The van der Waals surface area contributed by atoms with E-state index in [4.69, 9.17) is 0 Å². The zero-order chi connectivity index (χ0) is 19.3. The van der Waals surface area contributed by atoms with E-state index in [1.165, 1.54) is 38.1 Å². The normalized spacial score (nSPS) is 12.4. The van der Waals surface area contributed by atoms with E-state index in [1.807, 2.05) is 31.2 Å². The third kappa shape index (κ3) is 5.24. The fraction of sp³-hybridized carbons (Fsp3) is 0.263. The van der Waals surface area contributed by atoms with Crippen LogP contribution in [0.3, 0.4) is 0 Å². The molecule has 0 bridgehead atoms. The van der Waals surface area contributed by atoms with Crippen LogP contribution in [-0.4, -0.2) is 26.2 Å². The van der Waals surface area contributed by atoms with Crippen molar-refractivity contribution in [1.82, 2.24) is 10.0 Å². The van der Waals surface area contributed by atoms with Gasteiger partial charge in [-0.3, -0.25) is 9.59 Å². The van der Waals surface area contributed by atoms with Gasteiger partial charge in [-0.1, -0.05) is 42.0 Å². The van der Waals surface area contributed by atoms with E-state index < -0.39 is 22.0 Å². The van der Waals surface area contributed by atoms with Crippen molar-refractivity contribution in [3.63, 3.8) is 0 Å². The maximum atomic E-state index is 12.4. The summed E-state index contributed by atoms with van der Waals surface area (Å²) >= 11 is 0. The van der Waals surface area contributed by atoms with Crippen LogP contribution in [0.2, 0.25) is 0 Å². The van der Waals surface area contributed by atoms with Crippen molar-refractivity contribution in [2.75, 3.05) is 0 Å². The van der Waals surface area contributed by atoms with E-state index in [1.54, 1.807) is 0 Å². The Morgan fingerprint density at radius 1 is 1.00 bits per heavy atom. The van der Waals surface area contributed by atoms with Gasteiger partial charge in [0.15, 0.2) is 5.78 Å². The Morgan fingerprint density at radius 3 is 2.12 bits per heavy atom. The lowest BCUT2D eigenvalue weighted by atomic mass is 10.1. The molecule has 0 aliphatic carbocycles. The Labute approximate surface area is 153 Å². The highest BCUT2D eigenvalue weighted by Crippen LogP contribution is 2.11. The number of aryl methyl sites for hydroxylation is 1. The molecule has 1 amide bonds. The van der Waals surface area contributed by atoms with E-state index >= 15 is 0 Å². The van der Waals surface area contributed by atoms with Crippen LogP contribution in [0.15, 0.2) is 53.4 Å². The Bertz CT molecular complexity index is 888. The topological polar surface area (TPSA) is 92.3 Å². The molecule has 2 aromatic carbocycles. The summed E-state index contributed by atoms with van der Waals surface area (Å²) in [5, 5.41) is 2.71. The average molecular weight is 374 g/mol. The zero-order valence-corrected chi connectivity index (χ0v) is 15.8. The Hall–Kier alpha value is -2.51. The van der Waals surface area contributed by atoms with Crippen LogP contribution >= 0.6 is 0 Å². The molecule has 2 aromatic rings. The molecule has 7 heteroatoms. The number of nitrogens with one attached hydrogen (secondary N) is 2. The van der Waals surface area contributed by atoms with E-state index in [2.05, 4.69) is 10.0 Å². The van der Waals surface area contributed by atoms with Gasteiger partial charge in [0, 0.05) is 12.1 Å². The zero-order valence-electron chi connectivity index (χ0n) is 14.9. The lowest BCUT2D eigenvalue weighted by Gasteiger charge is -2.15. The number of Topliss-reactive ketones (excluding diaryl/α,β-unsaturated/α-hetero) is 1. The van der Waals surface area contributed by atoms with E-state index in [9.17, 15) is 18.0 Å². The van der Waals surface area contributed by atoms with Gasteiger partial charge in [0.25, 0.3) is 0 Å². The molecule has 0 aliphatic rings. The Balaban J connectivity index is 1.97. The van der Waals surface area contributed by atoms with Crippen LogP contribution < -0.4 is 10.0 Å². The maximum Gasteiger partial charge on any atom is 0.241 e. The molecule has 0 radical (unpaired) electrons. The molecule has 6 nitrogen and oxygen atoms in total. The molecule has 138 valence electrons. The van der Waals surface area contributed by atoms with E-state index in [0.717, 1.165) is 11.1 Å². The predicted octanol–water partition coefficient (Wildman–Crippen LogP) is 2.18. The molecule has 0 aromatic heterocycles. The molecular weight excluding hydrogens is 352 g/mol. The second kappa shape index (κ2) is 8.25. The molecule has 2 N–H and O–H groups in total. The van der Waals surface area contributed by atoms with Gasteiger partial charge in [-0.25, -0.2) is 8.42 Å². The SMILES string of the molecule is CC(=O)c1ccc(S(=O)(=O)N[C@@H](C)C(=O)NCc2ccc(C)cc2)cc1. The summed E-state index contributed by atoms with van der Waals surface area (Å²) in [6, 6.07) is 12.3. The quantitative estimate of drug-likeness (QED) is 0.727. The van der Waals surface area contributed by atoms with Gasteiger partial charge in [-0.05, 0) is 38.5 Å². The van der Waals surface area contributed by atoms with Crippen molar-refractivity contribution in [1.29, 1.82) is 0 Å². The smallest absolute Gasteiger partial charge is 0.241 e. The molecule has 1 atom stereocenters. The molecule has 0 fully saturated rings. The molecule has 2 rings (SSSR count). The van der Waals surface area contributed by atoms with Crippen molar-refractivity contribution in [3.05, 3.63) is 65.2 Å². The fourth-order valence-electron chi connectivity index (χ4n) is 2.27. The summed E-state index contributed by atoms with van der Waals surface area (Å²) in [5.74, 6) is -0.569. The van der Waals surface area contributed by atoms with Gasteiger partial charge in [-0.15, -0.1) is 0 Å². The number of amides is 1. The first-order chi connectivity index (χ1) is 12.2. The minimum absolute atomic E-state index is 0.000634. The molecule has 0 aliphatic heterocycles. The third-order valence-electron chi connectivity index (χ3n) is 3.88. The van der Waals surface area contributed by atoms with Crippen molar-refractivity contribution < 1.29 is 18.0 Å². The summed E-state index contributed by atoms with van der Waals surface area (Å²) in [6.07, 6.45) is 0. The van der Waals surface area contributed by atoms with Crippen molar-refractivity contribution in [2.45, 2.75) is 38.3 Å². The Kier molecular flexibility index (Phi) is 6.28. The first-order valence-electron chi connectivity index (χ1n) is 8.15. The predicted molar refractivity (Wildman–Crippen MR) is 99.3 cm³/mol. The summed E-state index contributed by atoms with van der Waals surface area (Å²) in [5.41, 5.74) is 2.48. The van der Waals surface area contributed by atoms with Gasteiger partial charge in [0.2, 0.25) is 15.9 Å². The molecule has 0 heterocycles. The van der Waals surface area contributed by atoms with Crippen LogP contribution in [-0.2, 0) is 21.4 Å². The minimum atomic E-state index is -3.86. The van der Waals surface area contributed by atoms with Crippen LogP contribution in [0.25, 0.3) is 0 Å². The minimum Gasteiger partial charge on any atom is -0.351 e. The number of sulfonamides is 1. The monoisotopic (exact) mass is 374 g/mol. The van der Waals surface area contributed by atoms with Crippen LogP contribution in [0, 0.1) is 6.92 Å². The summed E-state index contributed by atoms with van der Waals surface area (Å²) in [7, 11) is -3.86. The first-order valence-corrected chi connectivity index (χ1v) is 9.64. The highest BCUT2D eigenvalue weighted by Gasteiger charge is 2.22. The highest BCUT2D eigenvalue weighted by atomic mass is 32.2. The van der Waals surface area contributed by atoms with Gasteiger partial charge in [0.1, 0.15) is 0 Å². The lowest BCUT2D eigenvalue weighted by molar-refractivity contribution is -0.122. The van der Waals surface area contributed by atoms with Crippen LogP contribution in [0.4, 0.5) is 0 Å². The highest BCUT2D eigenvalue weighted by molar-refractivity contribution is 7.89. The second-order valence-electron chi connectivity index (χ2n) is 6.13. The largest absolute Gasteiger partial charge is 0.351 e. The third-order valence-corrected chi connectivity index (χ3v) is 5.44. The molecule has 26 heavy (non-hydrogen) atoms. The molecule has 0 saturated carbocycles. The number of hydrogen-bond acceptors (Lipinski definition) is 4. The molecule has 0 saturated heterocycles. The van der Waals surface area contributed by atoms with Crippen molar-refractivity contribution in [2.24, 2.45) is 0 Å². The van der Waals surface area contributed by atoms with Crippen molar-refractivity contribution >= 4 is 21.7 Å². The number of hydrogen-bond donors (Lipinski definition) is 2. The van der Waals surface area contributed by atoms with Crippen LogP contribution in [0.1, 0.15) is 35.3 Å². The fourth-order valence-corrected chi connectivity index (χ4v) is 3.47. The van der Waals surface area contributed by atoms with Crippen LogP contribution in [0.5, 0.6) is 0 Å². The number of carbonyl (C=O) groups excluding carboxylic acids is 2. The molecule has 0 unspecified atom stereocenters. The van der Waals surface area contributed by atoms with Crippen molar-refractivity contribution in [3.8, 4) is 0 Å². The second-order valence-corrected chi connectivity index (χ2v) is 7.84. The first kappa shape index (κ1) is 19.8. The van der Waals surface area contributed by atoms with E-state index in [0.29, 0.717) is 12.1 Å². The van der Waals surface area contributed by atoms with Gasteiger partial charge < -0.3 is 5.32 Å². The summed E-state index contributed by atoms with van der Waals surface area (Å²) < 4.78 is 27.1. The van der Waals surface area contributed by atoms with E-state index in [-0.39, 0.29) is 10.7 Å². The summed E-state index contributed by atoms with van der Waals surface area (Å²) in [4.78, 5) is 23.4. The maximum absolute atomic E-state index is 12.4. The average Bonchev–Trinajstić information content (AvgIpc) is 2.60. The molecular formula is C19H22N2O4S. The van der Waals surface area contributed by atoms with Gasteiger partial charge in [-0.2, -0.15) is 4.72 Å². The molecule has 0 spiro atoms. The van der Waals surface area contributed by atoms with Gasteiger partial charge >= 0.3 is 0 Å². The number of rotatable bonds is 7. The Morgan fingerprint density at radius 2 is 1.58 bits per heavy atom. The number of benzene rings is 2. The standard InChI is InChI=1S/C19H22N2O4S/c1-13-4-6-16(7-5-13)12-20-19(23)14(2)21-26(24,25)18-10-8-17(9-11-18)15(3)22/h4-11,14,21H,12H2,1-3H3,(H,20,23)/t14-/m0/s1. The summed E-state index contributed by atoms with van der Waals surface area (Å²) in [6.45, 7) is 5.18. The lowest BCUT2D eigenvalue weighted by Crippen LogP contribution is -2.44. The van der Waals surface area contributed by atoms with Gasteiger partial charge in [0.05, 0.1) is 10.9 Å². The number of carbonyl (C=O) groups is 2.